The third-order valence-electron chi connectivity index (χ3n) is 1.84. The van der Waals surface area contributed by atoms with Gasteiger partial charge in [0.25, 0.3) is 5.91 Å². The first-order valence-corrected chi connectivity index (χ1v) is 4.60. The fourth-order valence-corrected chi connectivity index (χ4v) is 1.06. The van der Waals surface area contributed by atoms with Gasteiger partial charge in [0, 0.05) is 13.2 Å². The van der Waals surface area contributed by atoms with E-state index in [2.05, 4.69) is 4.98 Å². The maximum atomic E-state index is 11.8. The van der Waals surface area contributed by atoms with Crippen molar-refractivity contribution < 1.29 is 14.4 Å². The monoisotopic (exact) mass is 210 g/mol. The predicted octanol–water partition coefficient (Wildman–Crippen LogP) is 1.11. The van der Waals surface area contributed by atoms with Gasteiger partial charge in [0.15, 0.2) is 0 Å². The highest BCUT2D eigenvalue weighted by Crippen LogP contribution is 2.15. The Bertz CT molecular complexity index is 341. The van der Waals surface area contributed by atoms with Crippen LogP contribution < -0.4 is 4.74 Å². The Labute approximate surface area is 88.6 Å². The average molecular weight is 210 g/mol. The van der Waals surface area contributed by atoms with Crippen molar-refractivity contribution in [2.75, 3.05) is 20.8 Å². The molecule has 0 spiro atoms. The molecule has 1 amide bonds. The second kappa shape index (κ2) is 5.31. The predicted molar refractivity (Wildman–Crippen MR) is 54.5 cm³/mol. The van der Waals surface area contributed by atoms with Crippen LogP contribution in [0.25, 0.3) is 0 Å². The van der Waals surface area contributed by atoms with Crippen LogP contribution >= 0.6 is 0 Å². The molecule has 15 heavy (non-hydrogen) atoms. The van der Waals surface area contributed by atoms with Gasteiger partial charge in [0.05, 0.1) is 13.7 Å². The van der Waals surface area contributed by atoms with E-state index in [1.807, 2.05) is 6.92 Å². The molecule has 1 aromatic rings. The van der Waals surface area contributed by atoms with E-state index in [-0.39, 0.29) is 5.91 Å². The molecule has 1 heterocycles. The lowest BCUT2D eigenvalue weighted by Crippen LogP contribution is -2.26. The van der Waals surface area contributed by atoms with Crippen LogP contribution in [0.1, 0.15) is 17.3 Å². The van der Waals surface area contributed by atoms with Crippen LogP contribution in [-0.2, 0) is 4.84 Å². The van der Waals surface area contributed by atoms with E-state index in [0.29, 0.717) is 18.1 Å². The molecule has 0 fully saturated rings. The number of carbonyl (C=O) groups is 1. The molecule has 5 heteroatoms. The van der Waals surface area contributed by atoms with Crippen molar-refractivity contribution in [3.05, 3.63) is 23.9 Å². The van der Waals surface area contributed by atoms with Crippen molar-refractivity contribution in [2.45, 2.75) is 6.92 Å². The Kier molecular flexibility index (Phi) is 4.05. The van der Waals surface area contributed by atoms with E-state index in [0.717, 1.165) is 5.06 Å². The smallest absolute Gasteiger partial charge is 0.282 e. The van der Waals surface area contributed by atoms with Crippen LogP contribution in [0.4, 0.5) is 0 Å². The molecule has 5 nitrogen and oxygen atoms in total. The number of ether oxygens (including phenoxy) is 1. The summed E-state index contributed by atoms with van der Waals surface area (Å²) in [5.74, 6) is 0.0444. The summed E-state index contributed by atoms with van der Waals surface area (Å²) < 4.78 is 5.24. The molecule has 0 saturated carbocycles. The van der Waals surface area contributed by atoms with Gasteiger partial charge < -0.3 is 4.74 Å². The summed E-state index contributed by atoms with van der Waals surface area (Å²) in [6.45, 7) is 2.30. The number of aromatic nitrogens is 1. The number of hydrogen-bond donors (Lipinski definition) is 0. The quantitative estimate of drug-likeness (QED) is 0.699. The molecule has 0 aliphatic rings. The summed E-state index contributed by atoms with van der Waals surface area (Å²) in [4.78, 5) is 20.5. The Morgan fingerprint density at radius 3 is 2.93 bits per heavy atom. The first kappa shape index (κ1) is 11.5. The summed E-state index contributed by atoms with van der Waals surface area (Å²) in [7, 11) is 2.96. The molecule has 1 rings (SSSR count). The third-order valence-corrected chi connectivity index (χ3v) is 1.84. The normalized spacial score (nSPS) is 9.80. The van der Waals surface area contributed by atoms with Crippen LogP contribution in [-0.4, -0.2) is 36.7 Å². The van der Waals surface area contributed by atoms with Crippen LogP contribution in [0.3, 0.4) is 0 Å². The molecular weight excluding hydrogens is 196 g/mol. The minimum absolute atomic E-state index is 0.283. The number of pyridine rings is 1. The number of rotatable bonds is 4. The summed E-state index contributed by atoms with van der Waals surface area (Å²) in [6, 6.07) is 3.33. The Balaban J connectivity index is 2.96. The maximum absolute atomic E-state index is 11.8. The van der Waals surface area contributed by atoms with E-state index in [4.69, 9.17) is 9.57 Å². The Morgan fingerprint density at radius 2 is 2.33 bits per heavy atom. The molecular formula is C10H14N2O3. The lowest BCUT2D eigenvalue weighted by Gasteiger charge is -2.15. The standard InChI is InChI=1S/C10H14N2O3/c1-4-15-9-8(6-5-7-11-9)10(13)12(2)14-3/h5-7H,4H2,1-3H3. The van der Waals surface area contributed by atoms with Crippen molar-refractivity contribution in [1.82, 2.24) is 10.0 Å². The van der Waals surface area contributed by atoms with Gasteiger partial charge in [0.2, 0.25) is 5.88 Å². The number of hydroxylamine groups is 2. The van der Waals surface area contributed by atoms with Gasteiger partial charge in [-0.15, -0.1) is 0 Å². The summed E-state index contributed by atoms with van der Waals surface area (Å²) in [6.07, 6.45) is 1.58. The molecule has 0 atom stereocenters. The van der Waals surface area contributed by atoms with E-state index in [9.17, 15) is 4.79 Å². The number of hydrogen-bond acceptors (Lipinski definition) is 4. The van der Waals surface area contributed by atoms with Crippen LogP contribution in [0.15, 0.2) is 18.3 Å². The van der Waals surface area contributed by atoms with Crippen molar-refractivity contribution in [3.8, 4) is 5.88 Å². The van der Waals surface area contributed by atoms with E-state index >= 15 is 0 Å². The van der Waals surface area contributed by atoms with E-state index in [1.54, 1.807) is 18.3 Å². The highest BCUT2D eigenvalue weighted by molar-refractivity contribution is 5.95. The molecule has 0 unspecified atom stereocenters. The molecule has 1 aromatic heterocycles. The largest absolute Gasteiger partial charge is 0.477 e. The molecule has 0 N–H and O–H groups in total. The highest BCUT2D eigenvalue weighted by Gasteiger charge is 2.17. The molecule has 0 aromatic carbocycles. The lowest BCUT2D eigenvalue weighted by molar-refractivity contribution is -0.0758. The zero-order chi connectivity index (χ0) is 11.3. The molecule has 0 aliphatic heterocycles. The van der Waals surface area contributed by atoms with Crippen molar-refractivity contribution in [2.24, 2.45) is 0 Å². The fraction of sp³-hybridized carbons (Fsp3) is 0.400. The second-order valence-corrected chi connectivity index (χ2v) is 2.77. The van der Waals surface area contributed by atoms with Gasteiger partial charge in [-0.2, -0.15) is 0 Å². The van der Waals surface area contributed by atoms with E-state index in [1.165, 1.54) is 14.2 Å². The first-order chi connectivity index (χ1) is 7.20. The average Bonchev–Trinajstić information content (AvgIpc) is 2.28. The summed E-state index contributed by atoms with van der Waals surface area (Å²) in [5.41, 5.74) is 0.392. The molecule has 0 aliphatic carbocycles. The van der Waals surface area contributed by atoms with E-state index < -0.39 is 0 Å². The minimum atomic E-state index is -0.283. The maximum Gasteiger partial charge on any atom is 0.282 e. The van der Waals surface area contributed by atoms with Crippen LogP contribution in [0.2, 0.25) is 0 Å². The highest BCUT2D eigenvalue weighted by atomic mass is 16.7. The zero-order valence-corrected chi connectivity index (χ0v) is 9.06. The van der Waals surface area contributed by atoms with Crippen molar-refractivity contribution in [1.29, 1.82) is 0 Å². The van der Waals surface area contributed by atoms with Crippen molar-refractivity contribution >= 4 is 5.91 Å². The number of nitrogens with zero attached hydrogens (tertiary/aromatic N) is 2. The summed E-state index contributed by atoms with van der Waals surface area (Å²) in [5, 5.41) is 1.12. The summed E-state index contributed by atoms with van der Waals surface area (Å²) >= 11 is 0. The molecule has 0 saturated heterocycles. The van der Waals surface area contributed by atoms with Crippen LogP contribution in [0, 0.1) is 0 Å². The first-order valence-electron chi connectivity index (χ1n) is 4.60. The topological polar surface area (TPSA) is 51.7 Å². The molecule has 0 bridgehead atoms. The number of carbonyl (C=O) groups excluding carboxylic acids is 1. The van der Waals surface area contributed by atoms with Gasteiger partial charge in [0.1, 0.15) is 5.56 Å². The Morgan fingerprint density at radius 1 is 1.60 bits per heavy atom. The lowest BCUT2D eigenvalue weighted by atomic mass is 10.2. The minimum Gasteiger partial charge on any atom is -0.477 e. The van der Waals surface area contributed by atoms with Gasteiger partial charge in [-0.1, -0.05) is 0 Å². The second-order valence-electron chi connectivity index (χ2n) is 2.77. The molecule has 82 valence electrons. The molecule has 0 radical (unpaired) electrons. The fourth-order valence-electron chi connectivity index (χ4n) is 1.06. The SMILES string of the molecule is CCOc1ncccc1C(=O)N(C)OC. The van der Waals surface area contributed by atoms with Gasteiger partial charge in [-0.3, -0.25) is 9.63 Å². The third kappa shape index (κ3) is 2.66. The van der Waals surface area contributed by atoms with Crippen LogP contribution in [0.5, 0.6) is 5.88 Å². The van der Waals surface area contributed by atoms with Gasteiger partial charge in [-0.05, 0) is 19.1 Å². The van der Waals surface area contributed by atoms with Gasteiger partial charge in [-0.25, -0.2) is 10.0 Å². The van der Waals surface area contributed by atoms with Crippen molar-refractivity contribution in [3.63, 3.8) is 0 Å². The Hall–Kier alpha value is -1.62. The zero-order valence-electron chi connectivity index (χ0n) is 9.06. The number of amides is 1. The van der Waals surface area contributed by atoms with Gasteiger partial charge >= 0.3 is 0 Å².